The summed E-state index contributed by atoms with van der Waals surface area (Å²) < 4.78 is 4.89. The van der Waals surface area contributed by atoms with Gasteiger partial charge < -0.3 is 15.2 Å². The number of aliphatic hydroxyl groups excluding tert-OH is 1. The quantitative estimate of drug-likeness (QED) is 0.575. The van der Waals surface area contributed by atoms with Crippen molar-refractivity contribution in [3.05, 3.63) is 0 Å². The lowest BCUT2D eigenvalue weighted by Gasteiger charge is -2.13. The zero-order valence-electron chi connectivity index (χ0n) is 6.92. The van der Waals surface area contributed by atoms with Crippen molar-refractivity contribution in [3.63, 3.8) is 0 Å². The molecule has 10 heavy (non-hydrogen) atoms. The Morgan fingerprint density at radius 3 is 2.50 bits per heavy atom. The number of hydrogen-bond acceptors (Lipinski definition) is 3. The van der Waals surface area contributed by atoms with E-state index in [-0.39, 0.29) is 6.10 Å². The molecule has 0 heterocycles. The number of ether oxygens (including phenoxy) is 1. The Morgan fingerprint density at radius 1 is 1.50 bits per heavy atom. The van der Waals surface area contributed by atoms with Crippen LogP contribution in [0.25, 0.3) is 0 Å². The van der Waals surface area contributed by atoms with Crippen LogP contribution in [0.3, 0.4) is 0 Å². The molecule has 0 aliphatic heterocycles. The molecule has 0 rings (SSSR count). The van der Waals surface area contributed by atoms with Crippen molar-refractivity contribution in [2.24, 2.45) is 0 Å². The molecule has 0 spiro atoms. The fourth-order valence-corrected chi connectivity index (χ4v) is 0.681. The van der Waals surface area contributed by atoms with Gasteiger partial charge in [0.25, 0.3) is 0 Å². The third kappa shape index (κ3) is 6.01. The number of nitrogens with one attached hydrogen (secondary N) is 1. The molecule has 3 nitrogen and oxygen atoms in total. The Hall–Kier alpha value is -0.120. The number of aliphatic hydroxyl groups is 1. The molecule has 0 fully saturated rings. The van der Waals surface area contributed by atoms with E-state index in [1.165, 1.54) is 0 Å². The van der Waals surface area contributed by atoms with Gasteiger partial charge >= 0.3 is 0 Å². The van der Waals surface area contributed by atoms with Crippen LogP contribution in [-0.4, -0.2) is 37.5 Å². The van der Waals surface area contributed by atoms with Crippen molar-refractivity contribution >= 4 is 0 Å². The van der Waals surface area contributed by atoms with Gasteiger partial charge in [0.1, 0.15) is 0 Å². The second-order valence-electron chi connectivity index (χ2n) is 2.61. The number of hydrogen-bond donors (Lipinski definition) is 2. The molecule has 0 saturated heterocycles. The average molecular weight is 147 g/mol. The van der Waals surface area contributed by atoms with E-state index in [9.17, 15) is 0 Å². The minimum absolute atomic E-state index is 0.278. The minimum Gasteiger partial charge on any atom is -0.392 e. The standard InChI is InChI=1S/C7H17NO2/c1-6(5-10-3)8-4-7(2)9/h6-9H,4-5H2,1-3H3/t6?,7-/m0/s1. The summed E-state index contributed by atoms with van der Waals surface area (Å²) in [6.07, 6.45) is -0.278. The number of methoxy groups -OCH3 is 1. The summed E-state index contributed by atoms with van der Waals surface area (Å²) in [6, 6.07) is 0.319. The van der Waals surface area contributed by atoms with E-state index in [1.54, 1.807) is 14.0 Å². The van der Waals surface area contributed by atoms with Crippen molar-refractivity contribution in [3.8, 4) is 0 Å². The molecule has 0 aliphatic rings. The molecule has 0 aliphatic carbocycles. The van der Waals surface area contributed by atoms with Crippen molar-refractivity contribution in [1.82, 2.24) is 5.32 Å². The van der Waals surface area contributed by atoms with Gasteiger partial charge in [-0.3, -0.25) is 0 Å². The molecule has 0 bridgehead atoms. The van der Waals surface area contributed by atoms with E-state index in [0.29, 0.717) is 19.2 Å². The Kier molecular flexibility index (Phi) is 5.58. The lowest BCUT2D eigenvalue weighted by atomic mass is 10.3. The van der Waals surface area contributed by atoms with Gasteiger partial charge in [0.2, 0.25) is 0 Å². The first kappa shape index (κ1) is 9.88. The van der Waals surface area contributed by atoms with E-state index in [2.05, 4.69) is 5.32 Å². The molecule has 62 valence electrons. The highest BCUT2D eigenvalue weighted by Gasteiger charge is 2.00. The number of rotatable bonds is 5. The smallest absolute Gasteiger partial charge is 0.0636 e. The van der Waals surface area contributed by atoms with Crippen LogP contribution >= 0.6 is 0 Å². The van der Waals surface area contributed by atoms with Gasteiger partial charge in [-0.05, 0) is 13.8 Å². The summed E-state index contributed by atoms with van der Waals surface area (Å²) in [4.78, 5) is 0. The molecular formula is C7H17NO2. The highest BCUT2D eigenvalue weighted by atomic mass is 16.5. The predicted octanol–water partition coefficient (Wildman–Crippen LogP) is -0.00830. The summed E-state index contributed by atoms with van der Waals surface area (Å²) in [6.45, 7) is 5.09. The van der Waals surface area contributed by atoms with Crippen LogP contribution in [0.5, 0.6) is 0 Å². The molecule has 1 unspecified atom stereocenters. The van der Waals surface area contributed by atoms with Crippen LogP contribution in [0.2, 0.25) is 0 Å². The van der Waals surface area contributed by atoms with Crippen LogP contribution in [0.1, 0.15) is 13.8 Å². The van der Waals surface area contributed by atoms with E-state index in [4.69, 9.17) is 9.84 Å². The van der Waals surface area contributed by atoms with Gasteiger partial charge in [0.15, 0.2) is 0 Å². The zero-order chi connectivity index (χ0) is 7.98. The van der Waals surface area contributed by atoms with Gasteiger partial charge in [-0.15, -0.1) is 0 Å². The van der Waals surface area contributed by atoms with Crippen molar-refractivity contribution in [1.29, 1.82) is 0 Å². The fourth-order valence-electron chi connectivity index (χ4n) is 0.681. The van der Waals surface area contributed by atoms with Gasteiger partial charge in [-0.2, -0.15) is 0 Å². The highest BCUT2D eigenvalue weighted by Crippen LogP contribution is 1.83. The lowest BCUT2D eigenvalue weighted by Crippen LogP contribution is -2.35. The second kappa shape index (κ2) is 5.65. The maximum atomic E-state index is 8.87. The van der Waals surface area contributed by atoms with E-state index >= 15 is 0 Å². The molecule has 0 aromatic carbocycles. The molecule has 0 saturated carbocycles. The van der Waals surface area contributed by atoms with Gasteiger partial charge in [0, 0.05) is 19.7 Å². The van der Waals surface area contributed by atoms with Crippen molar-refractivity contribution in [2.75, 3.05) is 20.3 Å². The third-order valence-corrected chi connectivity index (χ3v) is 1.18. The predicted molar refractivity (Wildman–Crippen MR) is 41.0 cm³/mol. The molecular weight excluding hydrogens is 130 g/mol. The van der Waals surface area contributed by atoms with E-state index in [1.807, 2.05) is 6.92 Å². The SMILES string of the molecule is COCC(C)NC[C@H](C)O. The molecule has 0 aromatic heterocycles. The third-order valence-electron chi connectivity index (χ3n) is 1.18. The zero-order valence-corrected chi connectivity index (χ0v) is 6.92. The molecule has 2 N–H and O–H groups in total. The van der Waals surface area contributed by atoms with Crippen molar-refractivity contribution < 1.29 is 9.84 Å². The van der Waals surface area contributed by atoms with Crippen LogP contribution in [0.4, 0.5) is 0 Å². The molecule has 2 atom stereocenters. The van der Waals surface area contributed by atoms with E-state index in [0.717, 1.165) is 0 Å². The van der Waals surface area contributed by atoms with Crippen LogP contribution < -0.4 is 5.32 Å². The average Bonchev–Trinajstić information content (AvgIpc) is 1.85. The lowest BCUT2D eigenvalue weighted by molar-refractivity contribution is 0.151. The largest absolute Gasteiger partial charge is 0.392 e. The van der Waals surface area contributed by atoms with Crippen LogP contribution in [0, 0.1) is 0 Å². The summed E-state index contributed by atoms with van der Waals surface area (Å²) in [5.41, 5.74) is 0. The topological polar surface area (TPSA) is 41.5 Å². The maximum Gasteiger partial charge on any atom is 0.0636 e. The summed E-state index contributed by atoms with van der Waals surface area (Å²) in [5.74, 6) is 0. The molecule has 0 aromatic rings. The van der Waals surface area contributed by atoms with E-state index < -0.39 is 0 Å². The Balaban J connectivity index is 3.12. The fraction of sp³-hybridized carbons (Fsp3) is 1.00. The Labute approximate surface area is 62.4 Å². The molecule has 3 heteroatoms. The highest BCUT2D eigenvalue weighted by molar-refractivity contribution is 4.60. The summed E-state index contributed by atoms with van der Waals surface area (Å²) in [5, 5.41) is 12.0. The maximum absolute atomic E-state index is 8.87. The second-order valence-corrected chi connectivity index (χ2v) is 2.61. The first-order valence-electron chi connectivity index (χ1n) is 3.57. The van der Waals surface area contributed by atoms with Crippen molar-refractivity contribution in [2.45, 2.75) is 26.0 Å². The molecule has 0 amide bonds. The first-order valence-corrected chi connectivity index (χ1v) is 3.57. The minimum atomic E-state index is -0.278. The Bertz CT molecular complexity index is 76.0. The summed E-state index contributed by atoms with van der Waals surface area (Å²) >= 11 is 0. The van der Waals surface area contributed by atoms with Crippen LogP contribution in [0.15, 0.2) is 0 Å². The molecule has 0 radical (unpaired) electrons. The normalized spacial score (nSPS) is 16.8. The summed E-state index contributed by atoms with van der Waals surface area (Å²) in [7, 11) is 1.67. The first-order chi connectivity index (χ1) is 4.66. The van der Waals surface area contributed by atoms with Gasteiger partial charge in [-0.25, -0.2) is 0 Å². The van der Waals surface area contributed by atoms with Gasteiger partial charge in [-0.1, -0.05) is 0 Å². The van der Waals surface area contributed by atoms with Gasteiger partial charge in [0.05, 0.1) is 12.7 Å². The monoisotopic (exact) mass is 147 g/mol. The van der Waals surface area contributed by atoms with Crippen LogP contribution in [-0.2, 0) is 4.74 Å². The Morgan fingerprint density at radius 2 is 2.10 bits per heavy atom.